The summed E-state index contributed by atoms with van der Waals surface area (Å²) in [7, 11) is 0. The van der Waals surface area contributed by atoms with Gasteiger partial charge in [0.05, 0.1) is 23.5 Å². The zero-order valence-electron chi connectivity index (χ0n) is 8.31. The number of rotatable bonds is 3. The fourth-order valence-corrected chi connectivity index (χ4v) is 1.72. The topological polar surface area (TPSA) is 35.8 Å². The number of benzene rings is 1. The van der Waals surface area contributed by atoms with E-state index in [1.165, 1.54) is 6.07 Å². The molecule has 0 fully saturated rings. The predicted molar refractivity (Wildman–Crippen MR) is 63.0 cm³/mol. The SMILES string of the molecule is N#CCc1c(Cl)cc(NC=S)cc1C(F)(F)F. The van der Waals surface area contributed by atoms with Crippen LogP contribution in [0.4, 0.5) is 18.9 Å². The third kappa shape index (κ3) is 3.32. The molecule has 1 rings (SSSR count). The lowest BCUT2D eigenvalue weighted by Crippen LogP contribution is -2.10. The van der Waals surface area contributed by atoms with Crippen LogP contribution in [0, 0.1) is 11.3 Å². The van der Waals surface area contributed by atoms with Crippen LogP contribution in [0.3, 0.4) is 0 Å². The van der Waals surface area contributed by atoms with Crippen LogP contribution in [-0.4, -0.2) is 5.49 Å². The fraction of sp³-hybridized carbons (Fsp3) is 0.200. The van der Waals surface area contributed by atoms with Crippen molar-refractivity contribution in [2.75, 3.05) is 5.32 Å². The van der Waals surface area contributed by atoms with E-state index in [2.05, 4.69) is 17.5 Å². The van der Waals surface area contributed by atoms with Crippen LogP contribution in [-0.2, 0) is 12.6 Å². The maximum atomic E-state index is 12.7. The van der Waals surface area contributed by atoms with Crippen molar-refractivity contribution >= 4 is 35.0 Å². The molecule has 0 aromatic heterocycles. The first-order valence-corrected chi connectivity index (χ1v) is 5.22. The number of nitrogens with one attached hydrogen (secondary N) is 1. The Hall–Kier alpha value is -1.32. The highest BCUT2D eigenvalue weighted by molar-refractivity contribution is 7.79. The van der Waals surface area contributed by atoms with Gasteiger partial charge in [-0.25, -0.2) is 0 Å². The first-order chi connectivity index (χ1) is 7.90. The molecule has 2 nitrogen and oxygen atoms in total. The van der Waals surface area contributed by atoms with Gasteiger partial charge in [-0.15, -0.1) is 0 Å². The zero-order chi connectivity index (χ0) is 13.1. The molecule has 0 saturated carbocycles. The van der Waals surface area contributed by atoms with E-state index in [9.17, 15) is 13.2 Å². The van der Waals surface area contributed by atoms with E-state index >= 15 is 0 Å². The van der Waals surface area contributed by atoms with Gasteiger partial charge in [0.1, 0.15) is 0 Å². The van der Waals surface area contributed by atoms with E-state index in [-0.39, 0.29) is 16.3 Å². The van der Waals surface area contributed by atoms with Crippen molar-refractivity contribution in [2.45, 2.75) is 12.6 Å². The minimum Gasteiger partial charge on any atom is -0.353 e. The Morgan fingerprint density at radius 1 is 1.47 bits per heavy atom. The number of hydrogen-bond acceptors (Lipinski definition) is 2. The molecule has 0 unspecified atom stereocenters. The number of hydrogen-bond donors (Lipinski definition) is 1. The normalized spacial score (nSPS) is 10.8. The van der Waals surface area contributed by atoms with E-state index in [0.29, 0.717) is 0 Å². The molecule has 90 valence electrons. The van der Waals surface area contributed by atoms with Crippen LogP contribution in [0.15, 0.2) is 12.1 Å². The molecule has 0 aliphatic rings. The van der Waals surface area contributed by atoms with E-state index in [1.54, 1.807) is 6.07 Å². The Bertz CT molecular complexity index is 480. The van der Waals surface area contributed by atoms with Gasteiger partial charge in [0.2, 0.25) is 0 Å². The van der Waals surface area contributed by atoms with Crippen molar-refractivity contribution in [2.24, 2.45) is 0 Å². The van der Waals surface area contributed by atoms with Crippen molar-refractivity contribution in [1.82, 2.24) is 0 Å². The molecule has 0 bridgehead atoms. The molecule has 0 heterocycles. The Labute approximate surface area is 106 Å². The second-order valence-corrected chi connectivity index (χ2v) is 3.72. The van der Waals surface area contributed by atoms with Crippen molar-refractivity contribution < 1.29 is 13.2 Å². The van der Waals surface area contributed by atoms with Gasteiger partial charge in [-0.1, -0.05) is 23.8 Å². The van der Waals surface area contributed by atoms with Crippen LogP contribution < -0.4 is 5.32 Å². The first-order valence-electron chi connectivity index (χ1n) is 4.37. The summed E-state index contributed by atoms with van der Waals surface area (Å²) < 4.78 is 38.2. The Morgan fingerprint density at radius 2 is 2.12 bits per heavy atom. The number of anilines is 1. The average molecular weight is 279 g/mol. The number of thiocarbonyl (C=S) groups is 1. The highest BCUT2D eigenvalue weighted by atomic mass is 35.5. The van der Waals surface area contributed by atoms with Crippen molar-refractivity contribution in [3.63, 3.8) is 0 Å². The number of nitriles is 1. The predicted octanol–water partition coefficient (Wildman–Crippen LogP) is 3.79. The van der Waals surface area contributed by atoms with Crippen LogP contribution >= 0.6 is 23.8 Å². The molecular weight excluding hydrogens is 273 g/mol. The molecule has 1 aromatic rings. The molecule has 0 saturated heterocycles. The lowest BCUT2D eigenvalue weighted by molar-refractivity contribution is -0.138. The molecular formula is C10H6ClF3N2S. The quantitative estimate of drug-likeness (QED) is 0.855. The molecule has 1 aromatic carbocycles. The van der Waals surface area contributed by atoms with Crippen LogP contribution in [0.25, 0.3) is 0 Å². The summed E-state index contributed by atoms with van der Waals surface area (Å²) in [6.07, 6.45) is -4.96. The standard InChI is InChI=1S/C10H6ClF3N2S/c11-9-4-6(16-5-17)3-8(10(12,13)14)7(9)1-2-15/h3-5H,1H2,(H,16,17). The Morgan fingerprint density at radius 3 is 2.59 bits per heavy atom. The lowest BCUT2D eigenvalue weighted by atomic mass is 10.0. The summed E-state index contributed by atoms with van der Waals surface area (Å²) in [5, 5.41) is 10.8. The Balaban J connectivity index is 3.40. The number of halogens is 4. The van der Waals surface area contributed by atoms with Gasteiger partial charge in [0.15, 0.2) is 0 Å². The van der Waals surface area contributed by atoms with E-state index in [1.807, 2.05) is 0 Å². The third-order valence-corrected chi connectivity index (χ3v) is 2.44. The minimum atomic E-state index is -4.56. The van der Waals surface area contributed by atoms with Crippen molar-refractivity contribution in [3.8, 4) is 6.07 Å². The monoisotopic (exact) mass is 278 g/mol. The van der Waals surface area contributed by atoms with E-state index in [0.717, 1.165) is 11.6 Å². The van der Waals surface area contributed by atoms with Gasteiger partial charge < -0.3 is 5.32 Å². The molecule has 1 N–H and O–H groups in total. The average Bonchev–Trinajstić information content (AvgIpc) is 2.20. The zero-order valence-corrected chi connectivity index (χ0v) is 9.88. The van der Waals surface area contributed by atoms with E-state index < -0.39 is 18.2 Å². The minimum absolute atomic E-state index is 0.110. The summed E-state index contributed by atoms with van der Waals surface area (Å²) in [4.78, 5) is 0. The molecule has 7 heteroatoms. The lowest BCUT2D eigenvalue weighted by Gasteiger charge is -2.14. The summed E-state index contributed by atoms with van der Waals surface area (Å²) >= 11 is 10.2. The summed E-state index contributed by atoms with van der Waals surface area (Å²) in [5.41, 5.74) is 0.0666. The Kier molecular flexibility index (Phi) is 4.32. The fourth-order valence-electron chi connectivity index (χ4n) is 1.30. The van der Waals surface area contributed by atoms with Gasteiger partial charge in [0, 0.05) is 10.7 Å². The van der Waals surface area contributed by atoms with Gasteiger partial charge >= 0.3 is 6.18 Å². The van der Waals surface area contributed by atoms with Crippen molar-refractivity contribution in [1.29, 1.82) is 5.26 Å². The molecule has 0 atom stereocenters. The molecule has 17 heavy (non-hydrogen) atoms. The highest BCUT2D eigenvalue weighted by Crippen LogP contribution is 2.37. The molecule has 0 amide bonds. The van der Waals surface area contributed by atoms with E-state index in [4.69, 9.17) is 16.9 Å². The van der Waals surface area contributed by atoms with Crippen LogP contribution in [0.1, 0.15) is 11.1 Å². The molecule has 0 radical (unpaired) electrons. The second-order valence-electron chi connectivity index (χ2n) is 3.08. The van der Waals surface area contributed by atoms with Crippen LogP contribution in [0.5, 0.6) is 0 Å². The first kappa shape index (κ1) is 13.7. The smallest absolute Gasteiger partial charge is 0.353 e. The van der Waals surface area contributed by atoms with Gasteiger partial charge in [0.25, 0.3) is 0 Å². The number of nitrogens with zero attached hydrogens (tertiary/aromatic N) is 1. The molecule has 0 aliphatic carbocycles. The van der Waals surface area contributed by atoms with Gasteiger partial charge in [-0.3, -0.25) is 0 Å². The number of alkyl halides is 3. The van der Waals surface area contributed by atoms with Crippen molar-refractivity contribution in [3.05, 3.63) is 28.3 Å². The third-order valence-electron chi connectivity index (χ3n) is 1.98. The maximum Gasteiger partial charge on any atom is 0.416 e. The largest absolute Gasteiger partial charge is 0.416 e. The van der Waals surface area contributed by atoms with Gasteiger partial charge in [-0.2, -0.15) is 18.4 Å². The summed E-state index contributed by atoms with van der Waals surface area (Å²) in [5.74, 6) is 0. The van der Waals surface area contributed by atoms with Gasteiger partial charge in [-0.05, 0) is 17.7 Å². The molecule has 0 spiro atoms. The maximum absolute atomic E-state index is 12.7. The summed E-state index contributed by atoms with van der Waals surface area (Å²) in [6.45, 7) is 0. The summed E-state index contributed by atoms with van der Waals surface area (Å²) in [6, 6.07) is 3.83. The highest BCUT2D eigenvalue weighted by Gasteiger charge is 2.34. The van der Waals surface area contributed by atoms with Crippen LogP contribution in [0.2, 0.25) is 5.02 Å². The second kappa shape index (κ2) is 5.34. The molecule has 0 aliphatic heterocycles.